The van der Waals surface area contributed by atoms with Crippen molar-refractivity contribution in [3.8, 4) is 0 Å². The molecule has 108 valence electrons. The summed E-state index contributed by atoms with van der Waals surface area (Å²) in [5.41, 5.74) is 1.21. The van der Waals surface area contributed by atoms with E-state index in [2.05, 4.69) is 41.0 Å². The third-order valence-electron chi connectivity index (χ3n) is 3.15. The Labute approximate surface area is 126 Å². The predicted molar refractivity (Wildman–Crippen MR) is 86.5 cm³/mol. The summed E-state index contributed by atoms with van der Waals surface area (Å²) < 4.78 is 0. The highest BCUT2D eigenvalue weighted by molar-refractivity contribution is 5.85. The fraction of sp³-hybridized carbons (Fsp3) is 0.312. The predicted octanol–water partition coefficient (Wildman–Crippen LogP) is 2.53. The van der Waals surface area contributed by atoms with Crippen molar-refractivity contribution in [1.29, 1.82) is 0 Å². The molecule has 20 heavy (non-hydrogen) atoms. The van der Waals surface area contributed by atoms with E-state index in [1.165, 1.54) is 16.3 Å². The zero-order valence-electron chi connectivity index (χ0n) is 11.7. The van der Waals surface area contributed by atoms with Crippen molar-refractivity contribution in [2.24, 2.45) is 0 Å². The largest absolute Gasteiger partial charge is 0.355 e. The van der Waals surface area contributed by atoms with E-state index in [1.54, 1.807) is 0 Å². The molecule has 2 aromatic carbocycles. The van der Waals surface area contributed by atoms with Crippen LogP contribution < -0.4 is 10.6 Å². The van der Waals surface area contributed by atoms with Gasteiger partial charge in [0.1, 0.15) is 0 Å². The smallest absolute Gasteiger partial charge is 0.220 e. The number of amides is 1. The van der Waals surface area contributed by atoms with Crippen LogP contribution in [0.2, 0.25) is 0 Å². The molecule has 0 heterocycles. The van der Waals surface area contributed by atoms with E-state index >= 15 is 0 Å². The van der Waals surface area contributed by atoms with Gasteiger partial charge in [-0.15, -0.1) is 12.4 Å². The van der Waals surface area contributed by atoms with Crippen LogP contribution in [-0.4, -0.2) is 26.0 Å². The van der Waals surface area contributed by atoms with E-state index in [0.29, 0.717) is 13.0 Å². The van der Waals surface area contributed by atoms with Gasteiger partial charge in [-0.1, -0.05) is 42.5 Å². The number of aryl methyl sites for hydroxylation is 1. The molecule has 2 rings (SSSR count). The molecule has 0 aliphatic heterocycles. The first-order chi connectivity index (χ1) is 9.29. The van der Waals surface area contributed by atoms with E-state index in [4.69, 9.17) is 0 Å². The number of rotatable bonds is 6. The third kappa shape index (κ3) is 4.83. The van der Waals surface area contributed by atoms with E-state index in [-0.39, 0.29) is 18.3 Å². The molecule has 0 unspecified atom stereocenters. The second-order valence-electron chi connectivity index (χ2n) is 4.64. The number of carbonyl (C=O) groups excluding carboxylic acids is 1. The summed E-state index contributed by atoms with van der Waals surface area (Å²) in [4.78, 5) is 11.6. The quantitative estimate of drug-likeness (QED) is 0.803. The Hall–Kier alpha value is -1.58. The average Bonchev–Trinajstić information content (AvgIpc) is 2.45. The van der Waals surface area contributed by atoms with Crippen molar-refractivity contribution < 1.29 is 4.79 Å². The second kappa shape index (κ2) is 8.56. The van der Waals surface area contributed by atoms with E-state index in [9.17, 15) is 4.79 Å². The lowest BCUT2D eigenvalue weighted by molar-refractivity contribution is -0.121. The summed E-state index contributed by atoms with van der Waals surface area (Å²) in [7, 11) is 1.88. The summed E-state index contributed by atoms with van der Waals surface area (Å²) in [5, 5.41) is 8.36. The van der Waals surface area contributed by atoms with Crippen LogP contribution in [0.3, 0.4) is 0 Å². The molecular weight excluding hydrogens is 272 g/mol. The molecule has 3 nitrogen and oxygen atoms in total. The molecule has 0 radical (unpaired) electrons. The van der Waals surface area contributed by atoms with Crippen molar-refractivity contribution in [3.05, 3.63) is 48.0 Å². The highest BCUT2D eigenvalue weighted by Gasteiger charge is 2.02. The van der Waals surface area contributed by atoms with E-state index in [1.807, 2.05) is 19.2 Å². The zero-order chi connectivity index (χ0) is 13.5. The van der Waals surface area contributed by atoms with Crippen molar-refractivity contribution in [2.75, 3.05) is 20.1 Å². The van der Waals surface area contributed by atoms with Crippen LogP contribution in [0.5, 0.6) is 0 Å². The molecule has 2 aromatic rings. The number of hydrogen-bond acceptors (Lipinski definition) is 2. The van der Waals surface area contributed by atoms with Gasteiger partial charge >= 0.3 is 0 Å². The number of fused-ring (bicyclic) bond motifs is 1. The maximum atomic E-state index is 11.6. The van der Waals surface area contributed by atoms with Crippen LogP contribution in [0.1, 0.15) is 12.0 Å². The molecule has 0 atom stereocenters. The Balaban J connectivity index is 0.00000200. The van der Waals surface area contributed by atoms with Gasteiger partial charge in [0.2, 0.25) is 5.91 Å². The maximum Gasteiger partial charge on any atom is 0.220 e. The van der Waals surface area contributed by atoms with Gasteiger partial charge in [0.25, 0.3) is 0 Å². The average molecular weight is 293 g/mol. The highest BCUT2D eigenvalue weighted by Crippen LogP contribution is 2.16. The van der Waals surface area contributed by atoms with Gasteiger partial charge in [-0.3, -0.25) is 4.79 Å². The van der Waals surface area contributed by atoms with Crippen molar-refractivity contribution >= 4 is 29.1 Å². The Morgan fingerprint density at radius 3 is 2.55 bits per heavy atom. The summed E-state index contributed by atoms with van der Waals surface area (Å²) in [6.45, 7) is 1.49. The van der Waals surface area contributed by atoms with Gasteiger partial charge in [0, 0.05) is 19.5 Å². The van der Waals surface area contributed by atoms with Crippen LogP contribution in [0.4, 0.5) is 0 Å². The topological polar surface area (TPSA) is 41.1 Å². The fourth-order valence-electron chi connectivity index (χ4n) is 2.07. The Morgan fingerprint density at radius 2 is 1.80 bits per heavy atom. The number of nitrogens with one attached hydrogen (secondary N) is 2. The van der Waals surface area contributed by atoms with Crippen LogP contribution in [0, 0.1) is 0 Å². The minimum Gasteiger partial charge on any atom is -0.355 e. The number of halogens is 1. The summed E-state index contributed by atoms with van der Waals surface area (Å²) >= 11 is 0. The van der Waals surface area contributed by atoms with Crippen molar-refractivity contribution in [3.63, 3.8) is 0 Å². The lowest BCUT2D eigenvalue weighted by atomic mass is 10.0. The molecule has 0 fully saturated rings. The Bertz CT molecular complexity index is 557. The molecule has 4 heteroatoms. The molecule has 0 aliphatic rings. The van der Waals surface area contributed by atoms with Gasteiger partial charge in [-0.05, 0) is 29.8 Å². The highest BCUT2D eigenvalue weighted by atomic mass is 35.5. The number of likely N-dealkylation sites (N-methyl/N-ethyl adjacent to an activating group) is 1. The molecular formula is C16H21ClN2O. The van der Waals surface area contributed by atoms with Crippen LogP contribution in [-0.2, 0) is 11.2 Å². The van der Waals surface area contributed by atoms with E-state index in [0.717, 1.165) is 13.0 Å². The van der Waals surface area contributed by atoms with Gasteiger partial charge in [0.05, 0.1) is 0 Å². The molecule has 0 bridgehead atoms. The minimum absolute atomic E-state index is 0. The van der Waals surface area contributed by atoms with Crippen molar-refractivity contribution in [2.45, 2.75) is 12.8 Å². The monoisotopic (exact) mass is 292 g/mol. The van der Waals surface area contributed by atoms with Crippen LogP contribution in [0.25, 0.3) is 10.8 Å². The van der Waals surface area contributed by atoms with Gasteiger partial charge in [-0.2, -0.15) is 0 Å². The first-order valence-electron chi connectivity index (χ1n) is 6.68. The van der Waals surface area contributed by atoms with Crippen molar-refractivity contribution in [1.82, 2.24) is 10.6 Å². The molecule has 0 aliphatic carbocycles. The number of carbonyl (C=O) groups is 1. The third-order valence-corrected chi connectivity index (χ3v) is 3.15. The number of hydrogen-bond donors (Lipinski definition) is 2. The maximum absolute atomic E-state index is 11.6. The van der Waals surface area contributed by atoms with E-state index < -0.39 is 0 Å². The van der Waals surface area contributed by atoms with Gasteiger partial charge in [0.15, 0.2) is 0 Å². The first kappa shape index (κ1) is 16.5. The Kier molecular flexibility index (Phi) is 7.05. The summed E-state index contributed by atoms with van der Waals surface area (Å²) in [6.07, 6.45) is 1.33. The summed E-state index contributed by atoms with van der Waals surface area (Å²) in [5.74, 6) is 0.114. The SMILES string of the molecule is CNCCNC(=O)CCc1ccc2ccccc2c1.Cl. The van der Waals surface area contributed by atoms with Crippen LogP contribution in [0.15, 0.2) is 42.5 Å². The van der Waals surface area contributed by atoms with Gasteiger partial charge < -0.3 is 10.6 Å². The Morgan fingerprint density at radius 1 is 1.05 bits per heavy atom. The van der Waals surface area contributed by atoms with Crippen LogP contribution >= 0.6 is 12.4 Å². The molecule has 0 aromatic heterocycles. The molecule has 1 amide bonds. The van der Waals surface area contributed by atoms with Gasteiger partial charge in [-0.25, -0.2) is 0 Å². The normalized spacial score (nSPS) is 10.1. The molecule has 0 saturated carbocycles. The standard InChI is InChI=1S/C16H20N2O.ClH/c1-17-10-11-18-16(19)9-7-13-6-8-14-4-2-3-5-15(14)12-13;/h2-6,8,12,17H,7,9-11H2,1H3,(H,18,19);1H. The molecule has 2 N–H and O–H groups in total. The minimum atomic E-state index is 0. The summed E-state index contributed by atoms with van der Waals surface area (Å²) in [6, 6.07) is 14.7. The fourth-order valence-corrected chi connectivity index (χ4v) is 2.07. The molecule has 0 spiro atoms. The number of benzene rings is 2. The molecule has 0 saturated heterocycles. The lowest BCUT2D eigenvalue weighted by Crippen LogP contribution is -2.30. The first-order valence-corrected chi connectivity index (χ1v) is 6.68. The second-order valence-corrected chi connectivity index (χ2v) is 4.64. The zero-order valence-corrected chi connectivity index (χ0v) is 12.5. The lowest BCUT2D eigenvalue weighted by Gasteiger charge is -2.06.